The van der Waals surface area contributed by atoms with Gasteiger partial charge in [0.15, 0.2) is 0 Å². The van der Waals surface area contributed by atoms with Gasteiger partial charge in [0.1, 0.15) is 0 Å². The minimum Gasteiger partial charge on any atom is -0.329 e. The molecular formula is C24H24N4O. The van der Waals surface area contributed by atoms with Crippen LogP contribution in [0, 0.1) is 11.8 Å². The number of nitrogens with zero attached hydrogens (tertiary/aromatic N) is 4. The molecule has 0 radical (unpaired) electrons. The van der Waals surface area contributed by atoms with E-state index in [1.165, 1.54) is 5.56 Å². The SMILES string of the molecule is CC#CCC1CN(c2ccccc2)C(=O)N1Cc1cncn1Cc1ccccc1. The Labute approximate surface area is 171 Å². The van der Waals surface area contributed by atoms with Crippen LogP contribution in [-0.2, 0) is 13.1 Å². The third-order valence-electron chi connectivity index (χ3n) is 5.22. The second-order valence-electron chi connectivity index (χ2n) is 7.14. The van der Waals surface area contributed by atoms with E-state index in [2.05, 4.69) is 33.5 Å². The first-order chi connectivity index (χ1) is 14.3. The van der Waals surface area contributed by atoms with Gasteiger partial charge in [0.2, 0.25) is 0 Å². The maximum absolute atomic E-state index is 13.2. The van der Waals surface area contributed by atoms with E-state index in [0.717, 1.165) is 17.9 Å². The quantitative estimate of drug-likeness (QED) is 0.599. The number of hydrogen-bond donors (Lipinski definition) is 0. The number of carbonyl (C=O) groups excluding carboxylic acids is 1. The van der Waals surface area contributed by atoms with Gasteiger partial charge in [-0.15, -0.1) is 11.8 Å². The van der Waals surface area contributed by atoms with Crippen LogP contribution in [0.5, 0.6) is 0 Å². The van der Waals surface area contributed by atoms with Crippen LogP contribution in [-0.4, -0.2) is 33.1 Å². The summed E-state index contributed by atoms with van der Waals surface area (Å²) < 4.78 is 2.11. The lowest BCUT2D eigenvalue weighted by molar-refractivity contribution is 0.202. The number of para-hydroxylation sites is 1. The lowest BCUT2D eigenvalue weighted by atomic mass is 10.2. The van der Waals surface area contributed by atoms with Crippen LogP contribution < -0.4 is 4.90 Å². The first-order valence-corrected chi connectivity index (χ1v) is 9.82. The third kappa shape index (κ3) is 4.17. The third-order valence-corrected chi connectivity index (χ3v) is 5.22. The summed E-state index contributed by atoms with van der Waals surface area (Å²) in [6.45, 7) is 3.74. The van der Waals surface area contributed by atoms with Gasteiger partial charge in [0, 0.05) is 31.4 Å². The van der Waals surface area contributed by atoms with Crippen molar-refractivity contribution < 1.29 is 4.79 Å². The van der Waals surface area contributed by atoms with Gasteiger partial charge in [-0.25, -0.2) is 9.78 Å². The van der Waals surface area contributed by atoms with Crippen molar-refractivity contribution in [2.75, 3.05) is 11.4 Å². The first-order valence-electron chi connectivity index (χ1n) is 9.82. The number of hydrogen-bond acceptors (Lipinski definition) is 2. The molecule has 1 fully saturated rings. The molecule has 0 spiro atoms. The van der Waals surface area contributed by atoms with Gasteiger partial charge >= 0.3 is 6.03 Å². The number of aromatic nitrogens is 2. The van der Waals surface area contributed by atoms with Crippen LogP contribution in [0.1, 0.15) is 24.6 Å². The van der Waals surface area contributed by atoms with Crippen LogP contribution in [0.4, 0.5) is 10.5 Å². The standard InChI is InChI=1S/C24H24N4O/c1-2-3-12-22-17-27(21-13-8-5-9-14-21)24(29)28(22)18-23-15-25-19-26(23)16-20-10-6-4-7-11-20/h4-11,13-15,19,22H,12,16-18H2,1H3. The fraction of sp³-hybridized carbons (Fsp3) is 0.250. The molecule has 3 aromatic rings. The normalized spacial score (nSPS) is 16.0. The smallest absolute Gasteiger partial charge is 0.325 e. The molecule has 1 aromatic heterocycles. The highest BCUT2D eigenvalue weighted by atomic mass is 16.2. The van der Waals surface area contributed by atoms with E-state index >= 15 is 0 Å². The maximum Gasteiger partial charge on any atom is 0.325 e. The van der Waals surface area contributed by atoms with Gasteiger partial charge < -0.3 is 9.47 Å². The summed E-state index contributed by atoms with van der Waals surface area (Å²) in [6, 6.07) is 20.2. The zero-order valence-electron chi connectivity index (χ0n) is 16.5. The summed E-state index contributed by atoms with van der Waals surface area (Å²) in [5.74, 6) is 6.12. The molecule has 2 heterocycles. The molecule has 146 valence electrons. The van der Waals surface area contributed by atoms with Gasteiger partial charge in [-0.2, -0.15) is 0 Å². The Morgan fingerprint density at radius 1 is 1.03 bits per heavy atom. The van der Waals surface area contributed by atoms with E-state index < -0.39 is 0 Å². The van der Waals surface area contributed by atoms with Crippen molar-refractivity contribution in [2.45, 2.75) is 32.5 Å². The molecule has 0 bridgehead atoms. The summed E-state index contributed by atoms with van der Waals surface area (Å²) in [4.78, 5) is 21.4. The summed E-state index contributed by atoms with van der Waals surface area (Å²) in [5, 5.41) is 0. The molecule has 0 aliphatic carbocycles. The second-order valence-corrected chi connectivity index (χ2v) is 7.14. The zero-order valence-corrected chi connectivity index (χ0v) is 16.5. The van der Waals surface area contributed by atoms with Gasteiger partial charge in [-0.05, 0) is 24.6 Å². The Balaban J connectivity index is 1.56. The van der Waals surface area contributed by atoms with Gasteiger partial charge in [-0.3, -0.25) is 4.90 Å². The molecule has 2 aromatic carbocycles. The number of benzene rings is 2. The largest absolute Gasteiger partial charge is 0.329 e. The molecule has 0 saturated carbocycles. The molecule has 1 saturated heterocycles. The Morgan fingerprint density at radius 3 is 2.48 bits per heavy atom. The van der Waals surface area contributed by atoms with Crippen LogP contribution >= 0.6 is 0 Å². The fourth-order valence-corrected chi connectivity index (χ4v) is 3.69. The lowest BCUT2D eigenvalue weighted by Crippen LogP contribution is -2.35. The second kappa shape index (κ2) is 8.66. The Morgan fingerprint density at radius 2 is 1.76 bits per heavy atom. The zero-order chi connectivity index (χ0) is 20.1. The van der Waals surface area contributed by atoms with Gasteiger partial charge in [-0.1, -0.05) is 48.5 Å². The number of imidazole rings is 1. The molecule has 5 nitrogen and oxygen atoms in total. The van der Waals surface area contributed by atoms with Gasteiger partial charge in [0.25, 0.3) is 0 Å². The topological polar surface area (TPSA) is 41.4 Å². The molecule has 29 heavy (non-hydrogen) atoms. The highest BCUT2D eigenvalue weighted by Crippen LogP contribution is 2.26. The van der Waals surface area contributed by atoms with Crippen LogP contribution in [0.25, 0.3) is 0 Å². The average molecular weight is 384 g/mol. The Hall–Kier alpha value is -3.52. The van der Waals surface area contributed by atoms with E-state index in [-0.39, 0.29) is 12.1 Å². The number of amides is 2. The Bertz CT molecular complexity index is 1020. The van der Waals surface area contributed by atoms with Crippen LogP contribution in [0.3, 0.4) is 0 Å². The molecular weight excluding hydrogens is 360 g/mol. The van der Waals surface area contributed by atoms with Crippen LogP contribution in [0.15, 0.2) is 73.2 Å². The fourth-order valence-electron chi connectivity index (χ4n) is 3.69. The van der Waals surface area contributed by atoms with E-state index in [1.807, 2.05) is 77.8 Å². The minimum atomic E-state index is 0.0200. The molecule has 2 amide bonds. The van der Waals surface area contributed by atoms with Crippen LogP contribution in [0.2, 0.25) is 0 Å². The number of rotatable bonds is 6. The summed E-state index contributed by atoms with van der Waals surface area (Å²) in [6.07, 6.45) is 4.35. The molecule has 5 heteroatoms. The molecule has 1 aliphatic rings. The molecule has 4 rings (SSSR count). The highest BCUT2D eigenvalue weighted by molar-refractivity contribution is 5.94. The van der Waals surface area contributed by atoms with Crippen molar-refractivity contribution in [2.24, 2.45) is 0 Å². The average Bonchev–Trinajstić information content (AvgIpc) is 3.32. The summed E-state index contributed by atoms with van der Waals surface area (Å²) in [5.41, 5.74) is 3.15. The van der Waals surface area contributed by atoms with Crippen molar-refractivity contribution in [1.82, 2.24) is 14.5 Å². The molecule has 0 N–H and O–H groups in total. The maximum atomic E-state index is 13.2. The predicted octanol–water partition coefficient (Wildman–Crippen LogP) is 4.16. The number of urea groups is 1. The molecule has 1 aliphatic heterocycles. The van der Waals surface area contributed by atoms with Crippen molar-refractivity contribution in [3.05, 3.63) is 84.4 Å². The molecule has 1 unspecified atom stereocenters. The highest BCUT2D eigenvalue weighted by Gasteiger charge is 2.37. The molecule has 1 atom stereocenters. The van der Waals surface area contributed by atoms with Gasteiger partial charge in [0.05, 0.1) is 24.6 Å². The van der Waals surface area contributed by atoms with Crippen molar-refractivity contribution in [1.29, 1.82) is 0 Å². The van der Waals surface area contributed by atoms with E-state index in [4.69, 9.17) is 0 Å². The number of carbonyl (C=O) groups is 1. The first kappa shape index (κ1) is 18.8. The predicted molar refractivity (Wildman–Crippen MR) is 114 cm³/mol. The van der Waals surface area contributed by atoms with Crippen molar-refractivity contribution in [3.63, 3.8) is 0 Å². The van der Waals surface area contributed by atoms with E-state index in [1.54, 1.807) is 0 Å². The van der Waals surface area contributed by atoms with E-state index in [0.29, 0.717) is 19.5 Å². The van der Waals surface area contributed by atoms with Crippen molar-refractivity contribution in [3.8, 4) is 11.8 Å². The lowest BCUT2D eigenvalue weighted by Gasteiger charge is -2.22. The van der Waals surface area contributed by atoms with Crippen molar-refractivity contribution >= 4 is 11.7 Å². The minimum absolute atomic E-state index is 0.0200. The monoisotopic (exact) mass is 384 g/mol. The summed E-state index contributed by atoms with van der Waals surface area (Å²) >= 11 is 0. The van der Waals surface area contributed by atoms with E-state index in [9.17, 15) is 4.79 Å². The Kier molecular flexibility index (Phi) is 5.62. The summed E-state index contributed by atoms with van der Waals surface area (Å²) in [7, 11) is 0. The number of anilines is 1.